The van der Waals surface area contributed by atoms with Crippen molar-refractivity contribution in [2.75, 3.05) is 0 Å². The van der Waals surface area contributed by atoms with E-state index in [0.29, 0.717) is 56.9 Å². The second-order valence-corrected chi connectivity index (χ2v) is 19.1. The van der Waals surface area contributed by atoms with Crippen molar-refractivity contribution in [2.24, 2.45) is 5.90 Å². The van der Waals surface area contributed by atoms with Gasteiger partial charge in [0.1, 0.15) is 99.2 Å². The Morgan fingerprint density at radius 1 is 0.384 bits per heavy atom. The molecule has 0 radical (unpaired) electrons. The van der Waals surface area contributed by atoms with Gasteiger partial charge in [-0.2, -0.15) is 21.2 Å². The molecule has 0 unspecified atom stereocenters. The monoisotopic (exact) mass is 1190 g/mol. The van der Waals surface area contributed by atoms with Crippen LogP contribution in [0.25, 0.3) is 0 Å². The van der Waals surface area contributed by atoms with E-state index in [4.69, 9.17) is 35.1 Å². The van der Waals surface area contributed by atoms with Gasteiger partial charge in [0.25, 0.3) is 12.3 Å². The van der Waals surface area contributed by atoms with E-state index < -0.39 is 0 Å². The van der Waals surface area contributed by atoms with Crippen molar-refractivity contribution < 1.29 is 32.8 Å². The molecule has 8 aromatic carbocycles. The third-order valence-corrected chi connectivity index (χ3v) is 12.7. The number of nitrogens with two attached hydrogens (primary N) is 1. The van der Waals surface area contributed by atoms with Crippen LogP contribution >= 0.6 is 23.9 Å². The lowest BCUT2D eigenvalue weighted by Gasteiger charge is -2.07. The molecule has 0 bridgehead atoms. The Labute approximate surface area is 507 Å². The number of alkyl halides is 1. The van der Waals surface area contributed by atoms with Crippen molar-refractivity contribution in [3.05, 3.63) is 307 Å². The Bertz CT molecular complexity index is 3510. The predicted molar refractivity (Wildman–Crippen MR) is 327 cm³/mol. The normalized spacial score (nSPS) is 10.3. The molecule has 0 amide bonds. The molecule has 0 atom stereocenters. The fraction of sp³-hybridized carbons (Fsp3) is 0.125. The van der Waals surface area contributed by atoms with Crippen LogP contribution in [0.3, 0.4) is 0 Å². The van der Waals surface area contributed by atoms with Crippen LogP contribution in [-0.4, -0.2) is 64.2 Å². The fourth-order valence-electron chi connectivity index (χ4n) is 7.62. The topological polar surface area (TPSA) is 224 Å². The predicted octanol–water partition coefficient (Wildman–Crippen LogP) is 11.9. The molecule has 0 aliphatic heterocycles. The highest BCUT2D eigenvalue weighted by atomic mass is 35.5. The molecule has 0 aliphatic rings. The maximum Gasteiger partial charge on any atom is 0.260 e. The summed E-state index contributed by atoms with van der Waals surface area (Å²) in [6, 6.07) is 68.9. The summed E-state index contributed by atoms with van der Waals surface area (Å²) in [6.45, 7) is 4.61. The fourth-order valence-corrected chi connectivity index (χ4v) is 8.05. The summed E-state index contributed by atoms with van der Waals surface area (Å²) in [5.41, 5.74) is 9.14. The zero-order chi connectivity index (χ0) is 59.5. The molecule has 86 heavy (non-hydrogen) atoms. The van der Waals surface area contributed by atoms with E-state index in [-0.39, 0.29) is 5.75 Å². The van der Waals surface area contributed by atoms with Crippen molar-refractivity contribution in [3.63, 3.8) is 0 Å². The average molecular weight is 1190 g/mol. The summed E-state index contributed by atoms with van der Waals surface area (Å²) in [5.74, 6) is 8.73. The summed E-state index contributed by atoms with van der Waals surface area (Å²) in [7, 11) is 0. The van der Waals surface area contributed by atoms with Crippen molar-refractivity contribution in [1.82, 2.24) is 59.1 Å². The molecule has 0 fully saturated rings. The Balaban J connectivity index is 0.000000141. The first-order valence-corrected chi connectivity index (χ1v) is 28.0. The van der Waals surface area contributed by atoms with Crippen LogP contribution in [0.1, 0.15) is 44.5 Å². The van der Waals surface area contributed by atoms with Gasteiger partial charge in [-0.15, -0.1) is 31.1 Å². The summed E-state index contributed by atoms with van der Waals surface area (Å²) in [5, 5.41) is 28.7. The third kappa shape index (κ3) is 23.2. The lowest BCUT2D eigenvalue weighted by atomic mass is 10.2. The standard InChI is InChI=1S/2C16H15N3O.C14H13ClO.C9H10N4O3S.C9H9N3O/c1-2-4-15(5-3-1)11-20-16-8-6-14(7-9-16)10-19-12-17-18-13-19;1-2-4-15(5-3-1)11-20-16-8-6-14(7-9-16)10-19-13-17-12-18-19;15-10-12-6-8-14(9-7-12)16-11-13-4-2-1-3-5-13;10-15-16-17-14-9-3-1-8(2-4-9)5-13-7-11-6-12-13;13-9-3-1-8(2-4-9)5-12-7-10-6-11-12/h2*1-9,12-13H,10-11H2;1-9H,10-11H2;1-4,6-7H,5,10H2;1-4,6-7,13H,5H2. The van der Waals surface area contributed by atoms with Gasteiger partial charge in [0.15, 0.2) is 0 Å². The van der Waals surface area contributed by atoms with E-state index >= 15 is 0 Å². The van der Waals surface area contributed by atoms with Crippen LogP contribution in [0.2, 0.25) is 0 Å². The number of phenols is 1. The number of rotatable bonds is 22. The minimum atomic E-state index is 0.280. The summed E-state index contributed by atoms with van der Waals surface area (Å²) < 4.78 is 33.7. The molecule has 0 spiro atoms. The molecule has 438 valence electrons. The summed E-state index contributed by atoms with van der Waals surface area (Å²) >= 11 is 6.35. The lowest BCUT2D eigenvalue weighted by molar-refractivity contribution is -0.199. The van der Waals surface area contributed by atoms with Crippen LogP contribution in [-0.2, 0) is 61.2 Å². The highest BCUT2D eigenvalue weighted by molar-refractivity contribution is 7.90. The zero-order valence-corrected chi connectivity index (χ0v) is 48.2. The van der Waals surface area contributed by atoms with Gasteiger partial charge in [0.2, 0.25) is 0 Å². The zero-order valence-electron chi connectivity index (χ0n) is 46.6. The second kappa shape index (κ2) is 35.7. The Morgan fingerprint density at radius 3 is 1.06 bits per heavy atom. The number of phenolic OH excluding ortho intramolecular Hbond substituents is 1. The number of hydrogen-bond donors (Lipinski definition) is 2. The average Bonchev–Trinajstić information content (AvgIpc) is 4.50. The number of aromatic hydroxyl groups is 1. The number of halogens is 1. The molecule has 12 rings (SSSR count). The molecule has 12 aromatic rings. The molecule has 4 heterocycles. The summed E-state index contributed by atoms with van der Waals surface area (Å²) in [6.07, 6.45) is 13.0. The molecule has 4 aromatic heterocycles. The molecule has 22 heteroatoms. The second-order valence-electron chi connectivity index (χ2n) is 18.4. The van der Waals surface area contributed by atoms with Gasteiger partial charge >= 0.3 is 0 Å². The SMILES string of the molecule is ClCc1ccc(OCc2ccccc2)cc1.NOOSOc1ccc(Cn2cncn2)cc1.Oc1ccc(Cn2cncn2)cc1.c1ccc(COc2ccc(Cn3cncn3)cc2)cc1.c1ccc(COc2ccc(Cn3cnnc3)cc2)cc1. The molecule has 0 aliphatic carbocycles. The van der Waals surface area contributed by atoms with Gasteiger partial charge in [-0.1, -0.05) is 152 Å². The number of benzene rings is 8. The van der Waals surface area contributed by atoms with Crippen molar-refractivity contribution in [2.45, 2.75) is 51.9 Å². The van der Waals surface area contributed by atoms with E-state index in [1.165, 1.54) is 46.8 Å². The molecule has 0 saturated carbocycles. The van der Waals surface area contributed by atoms with Crippen molar-refractivity contribution >= 4 is 23.9 Å². The van der Waals surface area contributed by atoms with E-state index in [2.05, 4.69) is 92.1 Å². The van der Waals surface area contributed by atoms with Crippen LogP contribution in [0, 0.1) is 0 Å². The molecule has 3 N–H and O–H groups in total. The van der Waals surface area contributed by atoms with Gasteiger partial charge < -0.3 is 28.1 Å². The first-order chi connectivity index (χ1) is 42.4. The first-order valence-electron chi connectivity index (χ1n) is 26.8. The van der Waals surface area contributed by atoms with Crippen LogP contribution in [0.5, 0.6) is 28.7 Å². The van der Waals surface area contributed by atoms with E-state index in [9.17, 15) is 0 Å². The number of aromatic nitrogens is 12. The smallest absolute Gasteiger partial charge is 0.260 e. The Morgan fingerprint density at radius 2 is 0.721 bits per heavy atom. The molecule has 0 saturated heterocycles. The number of nitrogens with zero attached hydrogens (tertiary/aromatic N) is 12. The highest BCUT2D eigenvalue weighted by Crippen LogP contribution is 2.20. The Kier molecular flexibility index (Phi) is 25.7. The van der Waals surface area contributed by atoms with E-state index in [1.54, 1.807) is 69.9 Å². The highest BCUT2D eigenvalue weighted by Gasteiger charge is 2.03. The molecular formula is C64H62ClN13O7S. The Hall–Kier alpha value is -10.2. The quantitative estimate of drug-likeness (QED) is 0.0211. The molecular weight excluding hydrogens is 1130 g/mol. The van der Waals surface area contributed by atoms with Crippen LogP contribution in [0.15, 0.2) is 263 Å². The van der Waals surface area contributed by atoms with Crippen LogP contribution in [0.4, 0.5) is 0 Å². The van der Waals surface area contributed by atoms with Crippen molar-refractivity contribution in [3.8, 4) is 28.7 Å². The maximum atomic E-state index is 9.05. The largest absolute Gasteiger partial charge is 0.508 e. The minimum absolute atomic E-state index is 0.280. The van der Waals surface area contributed by atoms with E-state index in [1.807, 2.05) is 156 Å². The maximum absolute atomic E-state index is 9.05. The first kappa shape index (κ1) is 61.9. The van der Waals surface area contributed by atoms with Gasteiger partial charge in [-0.05, 0) is 105 Å². The number of hydrogen-bond acceptors (Lipinski definition) is 17. The lowest BCUT2D eigenvalue weighted by Crippen LogP contribution is -2.00. The van der Waals surface area contributed by atoms with Gasteiger partial charge in [0, 0.05) is 12.4 Å². The minimum Gasteiger partial charge on any atom is -0.508 e. The van der Waals surface area contributed by atoms with Crippen molar-refractivity contribution in [1.29, 1.82) is 0 Å². The summed E-state index contributed by atoms with van der Waals surface area (Å²) in [4.78, 5) is 15.5. The van der Waals surface area contributed by atoms with Gasteiger partial charge in [-0.3, -0.25) is 0 Å². The third-order valence-electron chi connectivity index (χ3n) is 12.0. The number of ether oxygens (including phenoxy) is 3. The van der Waals surface area contributed by atoms with Gasteiger partial charge in [0.05, 0.1) is 19.6 Å². The van der Waals surface area contributed by atoms with Crippen LogP contribution < -0.4 is 24.3 Å². The van der Waals surface area contributed by atoms with Gasteiger partial charge in [-0.25, -0.2) is 29.0 Å². The van der Waals surface area contributed by atoms with E-state index in [0.717, 1.165) is 47.0 Å². The molecule has 20 nitrogen and oxygen atoms in total.